The molecule has 1 fully saturated rings. The summed E-state index contributed by atoms with van der Waals surface area (Å²) in [7, 11) is 3.37. The zero-order valence-electron chi connectivity index (χ0n) is 15.2. The maximum Gasteiger partial charge on any atom is 0.169 e. The lowest BCUT2D eigenvalue weighted by Crippen LogP contribution is -2.46. The predicted octanol–water partition coefficient (Wildman–Crippen LogP) is 3.69. The minimum absolute atomic E-state index is 0.0820. The van der Waals surface area contributed by atoms with Crippen LogP contribution in [0.1, 0.15) is 35.6 Å². The highest BCUT2D eigenvalue weighted by Gasteiger charge is 2.33. The van der Waals surface area contributed by atoms with Crippen LogP contribution in [0.4, 0.5) is 0 Å². The van der Waals surface area contributed by atoms with Gasteiger partial charge in [-0.3, -0.25) is 0 Å². The Balaban J connectivity index is 1.78. The van der Waals surface area contributed by atoms with Gasteiger partial charge in [-0.25, -0.2) is 0 Å². The van der Waals surface area contributed by atoms with E-state index >= 15 is 0 Å². The Labute approximate surface area is 160 Å². The van der Waals surface area contributed by atoms with Gasteiger partial charge in [-0.1, -0.05) is 30.3 Å². The molecule has 1 N–H and O–H groups in total. The van der Waals surface area contributed by atoms with Crippen LogP contribution in [-0.4, -0.2) is 36.8 Å². The van der Waals surface area contributed by atoms with Crippen molar-refractivity contribution in [2.75, 3.05) is 20.8 Å². The van der Waals surface area contributed by atoms with E-state index in [4.69, 9.17) is 21.7 Å². The lowest BCUT2D eigenvalue weighted by Gasteiger charge is -2.40. The molecular formula is C21H24N2O2S. The second-order valence-electron chi connectivity index (χ2n) is 6.89. The van der Waals surface area contributed by atoms with Crippen LogP contribution in [0.2, 0.25) is 0 Å². The molecule has 136 valence electrons. The summed E-state index contributed by atoms with van der Waals surface area (Å²) in [4.78, 5) is 2.32. The smallest absolute Gasteiger partial charge is 0.169 e. The molecule has 4 nitrogen and oxygen atoms in total. The van der Waals surface area contributed by atoms with Crippen LogP contribution in [0, 0.1) is 0 Å². The van der Waals surface area contributed by atoms with Crippen molar-refractivity contribution in [1.29, 1.82) is 0 Å². The number of thiocarbonyl (C=S) groups is 1. The Bertz CT molecular complexity index is 805. The van der Waals surface area contributed by atoms with Gasteiger partial charge < -0.3 is 19.7 Å². The average molecular weight is 369 g/mol. The minimum Gasteiger partial charge on any atom is -0.493 e. The van der Waals surface area contributed by atoms with Gasteiger partial charge in [0.25, 0.3) is 0 Å². The first-order valence-electron chi connectivity index (χ1n) is 9.08. The standard InChI is InChI=1S/C21H24N2O2S/c1-24-18-12-15-10-11-23(21(26)22-16-8-9-16)20(14-6-4-3-5-7-14)17(15)13-19(18)25-2/h3-7,12-13,16,20H,8-11H2,1-2H3,(H,22,26)/t20-/m0/s1. The number of hydrogen-bond donors (Lipinski definition) is 1. The number of methoxy groups -OCH3 is 2. The summed E-state index contributed by atoms with van der Waals surface area (Å²) < 4.78 is 11.1. The van der Waals surface area contributed by atoms with Gasteiger partial charge >= 0.3 is 0 Å². The fourth-order valence-corrected chi connectivity index (χ4v) is 4.01. The molecule has 0 aromatic heterocycles. The summed E-state index contributed by atoms with van der Waals surface area (Å²) in [5.74, 6) is 1.54. The van der Waals surface area contributed by atoms with E-state index in [2.05, 4.69) is 46.6 Å². The fraction of sp³-hybridized carbons (Fsp3) is 0.381. The van der Waals surface area contributed by atoms with Crippen LogP contribution in [0.15, 0.2) is 42.5 Å². The van der Waals surface area contributed by atoms with E-state index in [1.807, 2.05) is 6.07 Å². The second kappa shape index (κ2) is 7.16. The number of hydrogen-bond acceptors (Lipinski definition) is 3. The Hall–Kier alpha value is -2.27. The normalized spacial score (nSPS) is 18.8. The summed E-state index contributed by atoms with van der Waals surface area (Å²) in [6, 6.07) is 15.4. The zero-order valence-corrected chi connectivity index (χ0v) is 16.0. The van der Waals surface area contributed by atoms with E-state index < -0.39 is 0 Å². The van der Waals surface area contributed by atoms with E-state index in [9.17, 15) is 0 Å². The van der Waals surface area contributed by atoms with Crippen molar-refractivity contribution in [3.05, 3.63) is 59.2 Å². The molecule has 26 heavy (non-hydrogen) atoms. The lowest BCUT2D eigenvalue weighted by atomic mass is 9.88. The Morgan fingerprint density at radius 3 is 2.42 bits per heavy atom. The summed E-state index contributed by atoms with van der Waals surface area (Å²) in [5.41, 5.74) is 3.77. The molecule has 0 unspecified atom stereocenters. The van der Waals surface area contributed by atoms with Crippen LogP contribution in [0.5, 0.6) is 11.5 Å². The first-order chi connectivity index (χ1) is 12.7. The number of nitrogens with zero attached hydrogens (tertiary/aromatic N) is 1. The molecule has 1 heterocycles. The summed E-state index contributed by atoms with van der Waals surface area (Å²) in [5, 5.41) is 4.36. The third kappa shape index (κ3) is 3.23. The Morgan fingerprint density at radius 2 is 1.77 bits per heavy atom. The van der Waals surface area contributed by atoms with Gasteiger partial charge in [0.2, 0.25) is 0 Å². The van der Waals surface area contributed by atoms with Crippen molar-refractivity contribution >= 4 is 17.3 Å². The van der Waals surface area contributed by atoms with Crippen LogP contribution in [0.3, 0.4) is 0 Å². The summed E-state index contributed by atoms with van der Waals surface area (Å²) in [6.07, 6.45) is 3.36. The molecule has 4 rings (SSSR count). The van der Waals surface area contributed by atoms with Gasteiger partial charge in [-0.05, 0) is 60.3 Å². The molecule has 0 bridgehead atoms. The molecule has 1 aliphatic heterocycles. The van der Waals surface area contributed by atoms with E-state index in [-0.39, 0.29) is 6.04 Å². The lowest BCUT2D eigenvalue weighted by molar-refractivity contribution is 0.324. The first kappa shape index (κ1) is 17.2. The third-order valence-corrected chi connectivity index (χ3v) is 5.51. The summed E-state index contributed by atoms with van der Waals surface area (Å²) >= 11 is 5.77. The second-order valence-corrected chi connectivity index (χ2v) is 7.27. The highest BCUT2D eigenvalue weighted by Crippen LogP contribution is 2.41. The maximum absolute atomic E-state index is 5.77. The van der Waals surface area contributed by atoms with Crippen molar-refractivity contribution in [2.24, 2.45) is 0 Å². The van der Waals surface area contributed by atoms with E-state index in [1.165, 1.54) is 29.5 Å². The van der Waals surface area contributed by atoms with Crippen LogP contribution in [0.25, 0.3) is 0 Å². The molecule has 1 aliphatic carbocycles. The molecule has 5 heteroatoms. The van der Waals surface area contributed by atoms with Gasteiger partial charge in [0, 0.05) is 12.6 Å². The number of nitrogens with one attached hydrogen (secondary N) is 1. The number of benzene rings is 2. The molecule has 2 aromatic carbocycles. The number of fused-ring (bicyclic) bond motifs is 1. The van der Waals surface area contributed by atoms with Crippen LogP contribution >= 0.6 is 12.2 Å². The quantitative estimate of drug-likeness (QED) is 0.833. The summed E-state index contributed by atoms with van der Waals surface area (Å²) in [6.45, 7) is 0.889. The molecule has 2 aliphatic rings. The average Bonchev–Trinajstić information content (AvgIpc) is 3.50. The first-order valence-corrected chi connectivity index (χ1v) is 9.49. The monoisotopic (exact) mass is 368 g/mol. The molecule has 2 aromatic rings. The van der Waals surface area contributed by atoms with Gasteiger partial charge in [0.1, 0.15) is 0 Å². The Morgan fingerprint density at radius 1 is 1.08 bits per heavy atom. The van der Waals surface area contributed by atoms with Gasteiger partial charge in [0.05, 0.1) is 20.3 Å². The van der Waals surface area contributed by atoms with Crippen molar-refractivity contribution in [2.45, 2.75) is 31.3 Å². The molecule has 0 spiro atoms. The molecule has 0 radical (unpaired) electrons. The predicted molar refractivity (Wildman–Crippen MR) is 107 cm³/mol. The molecule has 0 amide bonds. The number of ether oxygens (including phenoxy) is 2. The van der Waals surface area contributed by atoms with E-state index in [1.54, 1.807) is 14.2 Å². The Kier molecular flexibility index (Phi) is 4.72. The SMILES string of the molecule is COc1cc2c(cc1OC)[C@H](c1ccccc1)N(C(=S)NC1CC1)CC2. The zero-order chi connectivity index (χ0) is 18.1. The van der Waals surface area contributed by atoms with Crippen molar-refractivity contribution in [1.82, 2.24) is 10.2 Å². The molecule has 1 atom stereocenters. The van der Waals surface area contributed by atoms with Crippen molar-refractivity contribution < 1.29 is 9.47 Å². The van der Waals surface area contributed by atoms with Crippen LogP contribution in [-0.2, 0) is 6.42 Å². The maximum atomic E-state index is 5.77. The topological polar surface area (TPSA) is 33.7 Å². The van der Waals surface area contributed by atoms with Crippen LogP contribution < -0.4 is 14.8 Å². The highest BCUT2D eigenvalue weighted by atomic mass is 32.1. The largest absolute Gasteiger partial charge is 0.493 e. The minimum atomic E-state index is 0.0820. The van der Waals surface area contributed by atoms with Gasteiger partial charge in [0.15, 0.2) is 16.6 Å². The fourth-order valence-electron chi connectivity index (χ4n) is 3.64. The number of rotatable bonds is 4. The third-order valence-electron chi connectivity index (χ3n) is 5.15. The van der Waals surface area contributed by atoms with Crippen molar-refractivity contribution in [3.8, 4) is 11.5 Å². The molecule has 1 saturated carbocycles. The molecular weight excluding hydrogens is 344 g/mol. The van der Waals surface area contributed by atoms with Gasteiger partial charge in [-0.15, -0.1) is 0 Å². The molecule has 0 saturated heterocycles. The highest BCUT2D eigenvalue weighted by molar-refractivity contribution is 7.80. The van der Waals surface area contributed by atoms with E-state index in [0.717, 1.165) is 29.6 Å². The van der Waals surface area contributed by atoms with Gasteiger partial charge in [-0.2, -0.15) is 0 Å². The van der Waals surface area contributed by atoms with Crippen molar-refractivity contribution in [3.63, 3.8) is 0 Å². The van der Waals surface area contributed by atoms with E-state index in [0.29, 0.717) is 6.04 Å².